The van der Waals surface area contributed by atoms with Crippen molar-refractivity contribution in [1.82, 2.24) is 4.98 Å². The summed E-state index contributed by atoms with van der Waals surface area (Å²) >= 11 is 3.40. The van der Waals surface area contributed by atoms with Crippen molar-refractivity contribution in [2.75, 3.05) is 0 Å². The fraction of sp³-hybridized carbons (Fsp3) is 0.100. The highest BCUT2D eigenvalue weighted by Crippen LogP contribution is 2.26. The first-order chi connectivity index (χ1) is 6.20. The molecule has 1 N–H and O–H groups in total. The summed E-state index contributed by atoms with van der Waals surface area (Å²) in [5.74, 6) is 0.0888. The fourth-order valence-corrected chi connectivity index (χ4v) is 1.98. The number of fused-ring (bicyclic) bond motifs is 1. The number of rotatable bonds is 1. The van der Waals surface area contributed by atoms with Gasteiger partial charge in [-0.1, -0.05) is 12.1 Å². The number of aromatic nitrogens is 1. The molecule has 0 unspecified atom stereocenters. The molecule has 1 heterocycles. The Labute approximate surface area is 84.1 Å². The van der Waals surface area contributed by atoms with Gasteiger partial charge in [0, 0.05) is 27.1 Å². The Kier molecular flexibility index (Phi) is 1.96. The van der Waals surface area contributed by atoms with Crippen LogP contribution in [-0.2, 0) is 0 Å². The number of Topliss-reactive ketones (excluding diaryl/α,β-unsaturated/α-hetero) is 1. The van der Waals surface area contributed by atoms with Crippen LogP contribution in [0.1, 0.15) is 17.3 Å². The van der Waals surface area contributed by atoms with Crippen molar-refractivity contribution in [1.29, 1.82) is 0 Å². The van der Waals surface area contributed by atoms with E-state index in [9.17, 15) is 4.79 Å². The van der Waals surface area contributed by atoms with Gasteiger partial charge in [0.2, 0.25) is 0 Å². The Morgan fingerprint density at radius 3 is 2.92 bits per heavy atom. The lowest BCUT2D eigenvalue weighted by Crippen LogP contribution is -1.91. The van der Waals surface area contributed by atoms with Gasteiger partial charge in [0.25, 0.3) is 0 Å². The van der Waals surface area contributed by atoms with Crippen LogP contribution in [0.15, 0.2) is 28.9 Å². The van der Waals surface area contributed by atoms with Gasteiger partial charge in [-0.15, -0.1) is 0 Å². The number of ketones is 1. The van der Waals surface area contributed by atoms with Crippen LogP contribution in [0.25, 0.3) is 10.9 Å². The molecule has 0 bridgehead atoms. The van der Waals surface area contributed by atoms with Crippen LogP contribution in [0.2, 0.25) is 0 Å². The molecule has 0 aliphatic heterocycles. The molecule has 0 fully saturated rings. The van der Waals surface area contributed by atoms with Crippen LogP contribution < -0.4 is 0 Å². The summed E-state index contributed by atoms with van der Waals surface area (Å²) < 4.78 is 0.938. The predicted octanol–water partition coefficient (Wildman–Crippen LogP) is 3.13. The summed E-state index contributed by atoms with van der Waals surface area (Å²) in [6.07, 6.45) is 1.84. The van der Waals surface area contributed by atoms with Gasteiger partial charge in [-0.2, -0.15) is 0 Å². The van der Waals surface area contributed by atoms with Gasteiger partial charge in [-0.25, -0.2) is 0 Å². The van der Waals surface area contributed by atoms with Gasteiger partial charge in [0.15, 0.2) is 5.78 Å². The minimum atomic E-state index is 0.0888. The third kappa shape index (κ3) is 1.29. The molecule has 3 heteroatoms. The van der Waals surface area contributed by atoms with E-state index in [1.54, 1.807) is 6.92 Å². The van der Waals surface area contributed by atoms with Crippen LogP contribution in [0.5, 0.6) is 0 Å². The maximum absolute atomic E-state index is 11.3. The first kappa shape index (κ1) is 8.51. The number of aromatic amines is 1. The average Bonchev–Trinajstić information content (AvgIpc) is 2.48. The van der Waals surface area contributed by atoms with Crippen LogP contribution in [0.4, 0.5) is 0 Å². The molecular weight excluding hydrogens is 230 g/mol. The Balaban J connectivity index is 2.88. The van der Waals surface area contributed by atoms with Crippen molar-refractivity contribution < 1.29 is 4.79 Å². The number of halogens is 1. The molecule has 0 aliphatic rings. The van der Waals surface area contributed by atoms with Crippen molar-refractivity contribution in [3.63, 3.8) is 0 Å². The van der Waals surface area contributed by atoms with Gasteiger partial charge in [-0.3, -0.25) is 4.79 Å². The molecule has 2 aromatic rings. The Bertz CT molecular complexity index is 473. The van der Waals surface area contributed by atoms with Crippen LogP contribution in [0.3, 0.4) is 0 Å². The van der Waals surface area contributed by atoms with Crippen molar-refractivity contribution in [2.24, 2.45) is 0 Å². The monoisotopic (exact) mass is 237 g/mol. The molecule has 0 saturated heterocycles. The third-order valence-electron chi connectivity index (χ3n) is 2.04. The Morgan fingerprint density at radius 2 is 2.23 bits per heavy atom. The summed E-state index contributed by atoms with van der Waals surface area (Å²) in [7, 11) is 0. The van der Waals surface area contributed by atoms with Crippen molar-refractivity contribution in [3.8, 4) is 0 Å². The number of H-pyrrole nitrogens is 1. The van der Waals surface area contributed by atoms with Crippen molar-refractivity contribution in [2.45, 2.75) is 6.92 Å². The van der Waals surface area contributed by atoms with E-state index in [4.69, 9.17) is 0 Å². The summed E-state index contributed by atoms with van der Waals surface area (Å²) in [6.45, 7) is 1.58. The summed E-state index contributed by atoms with van der Waals surface area (Å²) in [4.78, 5) is 14.4. The molecule has 66 valence electrons. The number of benzene rings is 1. The SMILES string of the molecule is CC(=O)c1cccc2[nH]cc(Br)c12. The van der Waals surface area contributed by atoms with Crippen molar-refractivity contribution in [3.05, 3.63) is 34.4 Å². The maximum atomic E-state index is 11.3. The summed E-state index contributed by atoms with van der Waals surface area (Å²) in [6, 6.07) is 5.66. The molecule has 0 atom stereocenters. The van der Waals surface area contributed by atoms with Crippen LogP contribution >= 0.6 is 15.9 Å². The zero-order chi connectivity index (χ0) is 9.42. The van der Waals surface area contributed by atoms with E-state index in [2.05, 4.69) is 20.9 Å². The zero-order valence-corrected chi connectivity index (χ0v) is 8.68. The molecule has 0 aliphatic carbocycles. The molecule has 1 aromatic heterocycles. The average molecular weight is 238 g/mol. The highest BCUT2D eigenvalue weighted by molar-refractivity contribution is 9.10. The van der Waals surface area contributed by atoms with Gasteiger partial charge in [-0.05, 0) is 28.9 Å². The van der Waals surface area contributed by atoms with E-state index >= 15 is 0 Å². The molecule has 2 nitrogen and oxygen atoms in total. The highest BCUT2D eigenvalue weighted by Gasteiger charge is 2.08. The van der Waals surface area contributed by atoms with E-state index in [1.807, 2.05) is 24.4 Å². The number of carbonyl (C=O) groups is 1. The first-order valence-corrected chi connectivity index (χ1v) is 4.76. The highest BCUT2D eigenvalue weighted by atomic mass is 79.9. The lowest BCUT2D eigenvalue weighted by molar-refractivity contribution is 0.101. The van der Waals surface area contributed by atoms with Crippen molar-refractivity contribution >= 4 is 32.6 Å². The zero-order valence-electron chi connectivity index (χ0n) is 7.10. The lowest BCUT2D eigenvalue weighted by atomic mass is 10.1. The second kappa shape index (κ2) is 3.00. The molecule has 2 rings (SSSR count). The van der Waals surface area contributed by atoms with E-state index in [0.29, 0.717) is 0 Å². The normalized spacial score (nSPS) is 10.6. The van der Waals surface area contributed by atoms with E-state index < -0.39 is 0 Å². The maximum Gasteiger partial charge on any atom is 0.160 e. The number of hydrogen-bond acceptors (Lipinski definition) is 1. The summed E-state index contributed by atoms with van der Waals surface area (Å²) in [5.41, 5.74) is 1.74. The minimum absolute atomic E-state index is 0.0888. The topological polar surface area (TPSA) is 32.9 Å². The van der Waals surface area contributed by atoms with Gasteiger partial charge in [0.05, 0.1) is 0 Å². The predicted molar refractivity (Wildman–Crippen MR) is 56.0 cm³/mol. The fourth-order valence-electron chi connectivity index (χ4n) is 1.44. The molecule has 0 amide bonds. The molecule has 13 heavy (non-hydrogen) atoms. The summed E-state index contributed by atoms with van der Waals surface area (Å²) in [5, 5.41) is 0.968. The smallest absolute Gasteiger partial charge is 0.160 e. The van der Waals surface area contributed by atoms with E-state index in [1.165, 1.54) is 0 Å². The second-order valence-corrected chi connectivity index (χ2v) is 3.78. The van der Waals surface area contributed by atoms with Crippen LogP contribution in [0, 0.1) is 0 Å². The molecular formula is C10H8BrNO. The quantitative estimate of drug-likeness (QED) is 0.760. The van der Waals surface area contributed by atoms with Gasteiger partial charge >= 0.3 is 0 Å². The number of hydrogen-bond donors (Lipinski definition) is 1. The molecule has 0 radical (unpaired) electrons. The Hall–Kier alpha value is -1.09. The van der Waals surface area contributed by atoms with E-state index in [-0.39, 0.29) is 5.78 Å². The lowest BCUT2D eigenvalue weighted by Gasteiger charge is -1.98. The largest absolute Gasteiger partial charge is 0.360 e. The Morgan fingerprint density at radius 1 is 1.46 bits per heavy atom. The molecule has 0 spiro atoms. The molecule has 1 aromatic carbocycles. The standard InChI is InChI=1S/C10H8BrNO/c1-6(13)7-3-2-4-9-10(7)8(11)5-12-9/h2-5,12H,1H3. The van der Waals surface area contributed by atoms with Gasteiger partial charge in [0.1, 0.15) is 0 Å². The third-order valence-corrected chi connectivity index (χ3v) is 2.66. The minimum Gasteiger partial charge on any atom is -0.360 e. The van der Waals surface area contributed by atoms with E-state index in [0.717, 1.165) is 20.9 Å². The number of carbonyl (C=O) groups excluding carboxylic acids is 1. The molecule has 0 saturated carbocycles. The van der Waals surface area contributed by atoms with Crippen LogP contribution in [-0.4, -0.2) is 10.8 Å². The first-order valence-electron chi connectivity index (χ1n) is 3.96. The van der Waals surface area contributed by atoms with Gasteiger partial charge < -0.3 is 4.98 Å². The second-order valence-electron chi connectivity index (χ2n) is 2.92. The number of nitrogens with one attached hydrogen (secondary N) is 1.